The van der Waals surface area contributed by atoms with E-state index < -0.39 is 0 Å². The fourth-order valence-electron chi connectivity index (χ4n) is 0.918. The first-order valence-corrected chi connectivity index (χ1v) is 3.90. The molecule has 10 heavy (non-hydrogen) atoms. The third-order valence-electron chi connectivity index (χ3n) is 1.35. The van der Waals surface area contributed by atoms with Gasteiger partial charge in [-0.05, 0) is 11.8 Å². The van der Waals surface area contributed by atoms with Gasteiger partial charge in [0, 0.05) is 6.54 Å². The normalized spacial score (nSPS) is 13.9. The Labute approximate surface area is 64.3 Å². The lowest BCUT2D eigenvalue weighted by Gasteiger charge is -2.14. The molecule has 0 unspecified atom stereocenters. The summed E-state index contributed by atoms with van der Waals surface area (Å²) in [6.45, 7) is 9.42. The van der Waals surface area contributed by atoms with Gasteiger partial charge in [0.15, 0.2) is 0 Å². The van der Waals surface area contributed by atoms with Crippen LogP contribution in [0.1, 0.15) is 34.1 Å². The van der Waals surface area contributed by atoms with Crippen molar-refractivity contribution < 1.29 is 0 Å². The van der Waals surface area contributed by atoms with Gasteiger partial charge in [-0.1, -0.05) is 39.3 Å². The standard InChI is InChI=1S/C9H19N/c1-5-8(7-10)6-9(2,3)4/h6H,5,7,10H2,1-4H3/b8-6-. The van der Waals surface area contributed by atoms with Crippen LogP contribution in [0.4, 0.5) is 0 Å². The topological polar surface area (TPSA) is 26.0 Å². The average Bonchev–Trinajstić information content (AvgIpc) is 1.81. The molecule has 0 spiro atoms. The molecule has 0 atom stereocenters. The molecule has 0 amide bonds. The van der Waals surface area contributed by atoms with E-state index in [-0.39, 0.29) is 5.41 Å². The quantitative estimate of drug-likeness (QED) is 0.587. The second-order valence-electron chi connectivity index (χ2n) is 3.73. The van der Waals surface area contributed by atoms with Gasteiger partial charge in [0.1, 0.15) is 0 Å². The van der Waals surface area contributed by atoms with Crippen LogP contribution in [0.5, 0.6) is 0 Å². The summed E-state index contributed by atoms with van der Waals surface area (Å²) in [6.07, 6.45) is 3.33. The summed E-state index contributed by atoms with van der Waals surface area (Å²) < 4.78 is 0. The van der Waals surface area contributed by atoms with Gasteiger partial charge in [0.25, 0.3) is 0 Å². The molecule has 0 fully saturated rings. The molecule has 1 nitrogen and oxygen atoms in total. The van der Waals surface area contributed by atoms with Gasteiger partial charge in [-0.3, -0.25) is 0 Å². The average molecular weight is 141 g/mol. The summed E-state index contributed by atoms with van der Waals surface area (Å²) in [6, 6.07) is 0. The third-order valence-corrected chi connectivity index (χ3v) is 1.35. The van der Waals surface area contributed by atoms with Crippen molar-refractivity contribution in [2.45, 2.75) is 34.1 Å². The van der Waals surface area contributed by atoms with Gasteiger partial charge >= 0.3 is 0 Å². The van der Waals surface area contributed by atoms with E-state index in [1.54, 1.807) is 0 Å². The lowest BCUT2D eigenvalue weighted by atomic mass is 9.93. The molecule has 0 aliphatic heterocycles. The molecule has 0 aliphatic rings. The highest BCUT2D eigenvalue weighted by Gasteiger charge is 2.05. The van der Waals surface area contributed by atoms with Gasteiger partial charge in [-0.2, -0.15) is 0 Å². The Morgan fingerprint density at radius 3 is 2.00 bits per heavy atom. The minimum absolute atomic E-state index is 0.282. The Bertz CT molecular complexity index is 111. The van der Waals surface area contributed by atoms with Gasteiger partial charge in [0.2, 0.25) is 0 Å². The maximum Gasteiger partial charge on any atom is 0.0136 e. The molecule has 0 saturated carbocycles. The van der Waals surface area contributed by atoms with Crippen molar-refractivity contribution in [2.75, 3.05) is 6.54 Å². The van der Waals surface area contributed by atoms with Crippen LogP contribution in [0.3, 0.4) is 0 Å². The second kappa shape index (κ2) is 3.77. The molecule has 0 aromatic heterocycles. The molecule has 0 saturated heterocycles. The Morgan fingerprint density at radius 2 is 1.90 bits per heavy atom. The van der Waals surface area contributed by atoms with Crippen LogP contribution in [0, 0.1) is 5.41 Å². The molecular weight excluding hydrogens is 122 g/mol. The predicted molar refractivity (Wildman–Crippen MR) is 46.9 cm³/mol. The SMILES string of the molecule is CC/C(=C/C(C)(C)C)CN. The smallest absolute Gasteiger partial charge is 0.0136 e. The Kier molecular flexibility index (Phi) is 3.66. The zero-order valence-corrected chi connectivity index (χ0v) is 7.57. The van der Waals surface area contributed by atoms with Crippen LogP contribution >= 0.6 is 0 Å². The van der Waals surface area contributed by atoms with Gasteiger partial charge < -0.3 is 5.73 Å². The first-order valence-electron chi connectivity index (χ1n) is 3.90. The number of rotatable bonds is 2. The van der Waals surface area contributed by atoms with Gasteiger partial charge in [0.05, 0.1) is 0 Å². The van der Waals surface area contributed by atoms with E-state index in [1.807, 2.05) is 0 Å². The molecule has 60 valence electrons. The fraction of sp³-hybridized carbons (Fsp3) is 0.778. The Hall–Kier alpha value is -0.300. The highest BCUT2D eigenvalue weighted by Crippen LogP contribution is 2.18. The van der Waals surface area contributed by atoms with Crippen molar-refractivity contribution in [1.82, 2.24) is 0 Å². The number of allylic oxidation sites excluding steroid dienone is 1. The summed E-state index contributed by atoms with van der Waals surface area (Å²) in [5.41, 5.74) is 7.16. The molecule has 0 aromatic rings. The zero-order chi connectivity index (χ0) is 8.20. The van der Waals surface area contributed by atoms with E-state index in [0.717, 1.165) is 6.42 Å². The molecular formula is C9H19N. The number of hydrogen-bond acceptors (Lipinski definition) is 1. The lowest BCUT2D eigenvalue weighted by molar-refractivity contribution is 0.537. The summed E-state index contributed by atoms with van der Waals surface area (Å²) in [5.74, 6) is 0. The van der Waals surface area contributed by atoms with Crippen LogP contribution in [0.25, 0.3) is 0 Å². The van der Waals surface area contributed by atoms with Crippen LogP contribution in [0.15, 0.2) is 11.6 Å². The van der Waals surface area contributed by atoms with Crippen LogP contribution < -0.4 is 5.73 Å². The van der Waals surface area contributed by atoms with E-state index in [1.165, 1.54) is 5.57 Å². The molecule has 0 heterocycles. The van der Waals surface area contributed by atoms with Crippen molar-refractivity contribution in [3.63, 3.8) is 0 Å². The molecule has 2 N–H and O–H groups in total. The molecule has 0 aromatic carbocycles. The molecule has 1 heteroatoms. The van der Waals surface area contributed by atoms with Gasteiger partial charge in [-0.15, -0.1) is 0 Å². The number of nitrogens with two attached hydrogens (primary N) is 1. The monoisotopic (exact) mass is 141 g/mol. The second-order valence-corrected chi connectivity index (χ2v) is 3.73. The third kappa shape index (κ3) is 4.57. The highest BCUT2D eigenvalue weighted by atomic mass is 14.5. The maximum absolute atomic E-state index is 5.52. The molecule has 0 rings (SSSR count). The highest BCUT2D eigenvalue weighted by molar-refractivity contribution is 5.07. The Morgan fingerprint density at radius 1 is 1.40 bits per heavy atom. The number of hydrogen-bond donors (Lipinski definition) is 1. The molecule has 0 bridgehead atoms. The Balaban J connectivity index is 4.11. The van der Waals surface area contributed by atoms with Crippen LogP contribution in [-0.2, 0) is 0 Å². The summed E-state index contributed by atoms with van der Waals surface area (Å²) >= 11 is 0. The van der Waals surface area contributed by atoms with Crippen molar-refractivity contribution in [3.05, 3.63) is 11.6 Å². The maximum atomic E-state index is 5.52. The largest absolute Gasteiger partial charge is 0.327 e. The molecule has 0 radical (unpaired) electrons. The van der Waals surface area contributed by atoms with E-state index in [0.29, 0.717) is 6.54 Å². The van der Waals surface area contributed by atoms with E-state index in [2.05, 4.69) is 33.8 Å². The van der Waals surface area contributed by atoms with Crippen LogP contribution in [-0.4, -0.2) is 6.54 Å². The van der Waals surface area contributed by atoms with Crippen molar-refractivity contribution in [3.8, 4) is 0 Å². The minimum Gasteiger partial charge on any atom is -0.327 e. The first-order chi connectivity index (χ1) is 4.49. The summed E-state index contributed by atoms with van der Waals surface area (Å²) in [4.78, 5) is 0. The summed E-state index contributed by atoms with van der Waals surface area (Å²) in [5, 5.41) is 0. The van der Waals surface area contributed by atoms with Gasteiger partial charge in [-0.25, -0.2) is 0 Å². The molecule has 0 aliphatic carbocycles. The van der Waals surface area contributed by atoms with Crippen molar-refractivity contribution >= 4 is 0 Å². The van der Waals surface area contributed by atoms with E-state index in [4.69, 9.17) is 5.73 Å². The lowest BCUT2D eigenvalue weighted by Crippen LogP contribution is -2.08. The minimum atomic E-state index is 0.282. The van der Waals surface area contributed by atoms with E-state index >= 15 is 0 Å². The van der Waals surface area contributed by atoms with Crippen molar-refractivity contribution in [1.29, 1.82) is 0 Å². The van der Waals surface area contributed by atoms with Crippen molar-refractivity contribution in [2.24, 2.45) is 11.1 Å². The predicted octanol–water partition coefficient (Wildman–Crippen LogP) is 2.33. The first kappa shape index (κ1) is 9.70. The fourth-order valence-corrected chi connectivity index (χ4v) is 0.918. The van der Waals surface area contributed by atoms with E-state index in [9.17, 15) is 0 Å². The zero-order valence-electron chi connectivity index (χ0n) is 7.57. The summed E-state index contributed by atoms with van der Waals surface area (Å²) in [7, 11) is 0. The van der Waals surface area contributed by atoms with Crippen LogP contribution in [0.2, 0.25) is 0 Å².